The van der Waals surface area contributed by atoms with E-state index in [1.165, 1.54) is 12.1 Å². The number of nitrogens with zero attached hydrogens (tertiary/aromatic N) is 1. The van der Waals surface area contributed by atoms with Gasteiger partial charge in [0.15, 0.2) is 0 Å². The zero-order chi connectivity index (χ0) is 19.7. The third-order valence-corrected chi connectivity index (χ3v) is 5.49. The molecule has 0 unspecified atom stereocenters. The number of carboxylic acid groups (broad SMARTS) is 1. The number of fused-ring (bicyclic) bond motifs is 1. The minimum absolute atomic E-state index is 0.113. The van der Waals surface area contributed by atoms with E-state index in [9.17, 15) is 14.3 Å². The van der Waals surface area contributed by atoms with Crippen molar-refractivity contribution in [3.05, 3.63) is 64.0 Å². The summed E-state index contributed by atoms with van der Waals surface area (Å²) in [6, 6.07) is 9.50. The second-order valence-corrected chi connectivity index (χ2v) is 7.67. The van der Waals surface area contributed by atoms with Crippen molar-refractivity contribution in [3.8, 4) is 0 Å². The van der Waals surface area contributed by atoms with Crippen LogP contribution in [0, 0.1) is 5.82 Å². The molecule has 1 aliphatic rings. The molecule has 1 saturated heterocycles. The minimum Gasteiger partial charge on any atom is -0.478 e. The van der Waals surface area contributed by atoms with Crippen molar-refractivity contribution in [1.82, 2.24) is 4.98 Å². The number of benzene rings is 2. The number of aromatic nitrogens is 1. The van der Waals surface area contributed by atoms with E-state index in [2.05, 4.69) is 26.2 Å². The summed E-state index contributed by atoms with van der Waals surface area (Å²) in [7, 11) is 0. The van der Waals surface area contributed by atoms with E-state index in [0.717, 1.165) is 45.5 Å². The maximum atomic E-state index is 13.6. The Hall–Kier alpha value is -2.51. The fraction of sp³-hybridized carbons (Fsp3) is 0.238. The molecule has 2 N–H and O–H groups in total. The molecule has 0 aliphatic carbocycles. The van der Waals surface area contributed by atoms with Crippen molar-refractivity contribution < 1.29 is 19.0 Å². The smallest absolute Gasteiger partial charge is 0.337 e. The Kier molecular flexibility index (Phi) is 5.28. The van der Waals surface area contributed by atoms with Crippen LogP contribution in [0.1, 0.15) is 34.7 Å². The van der Waals surface area contributed by atoms with Gasteiger partial charge in [0.2, 0.25) is 0 Å². The third-order valence-electron chi connectivity index (χ3n) is 4.99. The lowest BCUT2D eigenvalue weighted by Crippen LogP contribution is -2.16. The highest BCUT2D eigenvalue weighted by Gasteiger charge is 2.22. The second kappa shape index (κ2) is 7.85. The van der Waals surface area contributed by atoms with Crippen LogP contribution < -0.4 is 5.32 Å². The molecule has 1 fully saturated rings. The summed E-state index contributed by atoms with van der Waals surface area (Å²) in [6.07, 6.45) is 3.58. The Morgan fingerprint density at radius 2 is 2.00 bits per heavy atom. The summed E-state index contributed by atoms with van der Waals surface area (Å²) in [6.45, 7) is 1.36. The predicted octanol–water partition coefficient (Wildman–Crippen LogP) is 5.47. The van der Waals surface area contributed by atoms with Crippen LogP contribution in [-0.4, -0.2) is 29.3 Å². The quantitative estimate of drug-likeness (QED) is 0.557. The van der Waals surface area contributed by atoms with Crippen LogP contribution in [0.2, 0.25) is 0 Å². The van der Waals surface area contributed by atoms with Crippen LogP contribution in [0.3, 0.4) is 0 Å². The van der Waals surface area contributed by atoms with Crippen molar-refractivity contribution in [2.75, 3.05) is 18.5 Å². The largest absolute Gasteiger partial charge is 0.478 e. The van der Waals surface area contributed by atoms with Gasteiger partial charge in [0.25, 0.3) is 0 Å². The van der Waals surface area contributed by atoms with Crippen LogP contribution in [-0.2, 0) is 4.74 Å². The fourth-order valence-electron chi connectivity index (χ4n) is 3.57. The van der Waals surface area contributed by atoms with Gasteiger partial charge in [0.1, 0.15) is 5.82 Å². The second-order valence-electron chi connectivity index (χ2n) is 6.76. The van der Waals surface area contributed by atoms with Crippen molar-refractivity contribution >= 4 is 44.2 Å². The van der Waals surface area contributed by atoms with Gasteiger partial charge in [0.05, 0.1) is 22.5 Å². The highest BCUT2D eigenvalue weighted by molar-refractivity contribution is 9.10. The summed E-state index contributed by atoms with van der Waals surface area (Å²) >= 11 is 3.50. The zero-order valence-corrected chi connectivity index (χ0v) is 16.5. The molecule has 7 heteroatoms. The number of hydrogen-bond acceptors (Lipinski definition) is 4. The number of carboxylic acids is 1. The number of ether oxygens (including phenoxy) is 1. The molecule has 0 bridgehead atoms. The Morgan fingerprint density at radius 3 is 2.75 bits per heavy atom. The molecule has 4 rings (SSSR count). The van der Waals surface area contributed by atoms with Crippen LogP contribution in [0.25, 0.3) is 10.9 Å². The first-order valence-corrected chi connectivity index (χ1v) is 9.78. The SMILES string of the molecule is O=C(O)c1cc(F)ccc1Nc1c(C2CCOCC2)cnc2ccc(Br)cc12. The van der Waals surface area contributed by atoms with E-state index in [0.29, 0.717) is 18.9 Å². The van der Waals surface area contributed by atoms with E-state index in [1.807, 2.05) is 24.4 Å². The fourth-order valence-corrected chi connectivity index (χ4v) is 3.94. The van der Waals surface area contributed by atoms with Gasteiger partial charge in [-0.25, -0.2) is 9.18 Å². The summed E-state index contributed by atoms with van der Waals surface area (Å²) < 4.78 is 20.0. The molecular formula is C21H18BrFN2O3. The molecule has 1 aliphatic heterocycles. The summed E-state index contributed by atoms with van der Waals surface area (Å²) in [5, 5.41) is 13.6. The van der Waals surface area contributed by atoms with Gasteiger partial charge < -0.3 is 15.2 Å². The van der Waals surface area contributed by atoms with E-state index < -0.39 is 11.8 Å². The molecule has 0 amide bonds. The number of hydrogen-bond donors (Lipinski definition) is 2. The molecule has 1 aromatic heterocycles. The highest BCUT2D eigenvalue weighted by atomic mass is 79.9. The topological polar surface area (TPSA) is 71.5 Å². The number of carbonyl (C=O) groups is 1. The monoisotopic (exact) mass is 444 g/mol. The molecule has 28 heavy (non-hydrogen) atoms. The van der Waals surface area contributed by atoms with Crippen molar-refractivity contribution in [2.24, 2.45) is 0 Å². The van der Waals surface area contributed by atoms with Gasteiger partial charge in [-0.3, -0.25) is 4.98 Å². The Labute approximate surface area is 169 Å². The van der Waals surface area contributed by atoms with Crippen LogP contribution in [0.4, 0.5) is 15.8 Å². The number of aromatic carboxylic acids is 1. The first-order chi connectivity index (χ1) is 13.5. The van der Waals surface area contributed by atoms with Gasteiger partial charge in [0, 0.05) is 29.3 Å². The maximum absolute atomic E-state index is 13.6. The van der Waals surface area contributed by atoms with E-state index in [-0.39, 0.29) is 11.5 Å². The number of rotatable bonds is 4. The van der Waals surface area contributed by atoms with Crippen molar-refractivity contribution in [2.45, 2.75) is 18.8 Å². The lowest BCUT2D eigenvalue weighted by molar-refractivity contribution is 0.0697. The standard InChI is InChI=1S/C21H18BrFN2O3/c22-13-1-3-18-15(9-13)20(17(11-24-18)12-5-7-28-8-6-12)25-19-4-2-14(23)10-16(19)21(26)27/h1-4,9-12H,5-8H2,(H,24,25)(H,26,27). The third kappa shape index (κ3) is 3.72. The lowest BCUT2D eigenvalue weighted by atomic mass is 9.90. The Balaban J connectivity index is 1.88. The normalized spacial score (nSPS) is 14.9. The first-order valence-electron chi connectivity index (χ1n) is 8.98. The van der Waals surface area contributed by atoms with Gasteiger partial charge >= 0.3 is 5.97 Å². The van der Waals surface area contributed by atoms with Crippen molar-refractivity contribution in [3.63, 3.8) is 0 Å². The molecule has 0 atom stereocenters. The molecule has 3 aromatic rings. The number of nitrogens with one attached hydrogen (secondary N) is 1. The highest BCUT2D eigenvalue weighted by Crippen LogP contribution is 2.39. The predicted molar refractivity (Wildman–Crippen MR) is 109 cm³/mol. The first kappa shape index (κ1) is 18.8. The van der Waals surface area contributed by atoms with E-state index in [1.54, 1.807) is 0 Å². The molecular weight excluding hydrogens is 427 g/mol. The average molecular weight is 445 g/mol. The zero-order valence-electron chi connectivity index (χ0n) is 14.9. The van der Waals surface area contributed by atoms with Gasteiger partial charge in [-0.1, -0.05) is 15.9 Å². The molecule has 0 saturated carbocycles. The van der Waals surface area contributed by atoms with Crippen LogP contribution in [0.15, 0.2) is 47.1 Å². The Morgan fingerprint density at radius 1 is 1.21 bits per heavy atom. The number of halogens is 2. The van der Waals surface area contributed by atoms with Crippen LogP contribution in [0.5, 0.6) is 0 Å². The summed E-state index contributed by atoms with van der Waals surface area (Å²) in [5.41, 5.74) is 2.83. The molecule has 0 radical (unpaired) electrons. The Bertz CT molecular complexity index is 1050. The molecule has 2 heterocycles. The lowest BCUT2D eigenvalue weighted by Gasteiger charge is -2.26. The number of anilines is 2. The molecule has 5 nitrogen and oxygen atoms in total. The van der Waals surface area contributed by atoms with Gasteiger partial charge in [-0.2, -0.15) is 0 Å². The maximum Gasteiger partial charge on any atom is 0.337 e. The van der Waals surface area contributed by atoms with Gasteiger partial charge in [-0.05, 0) is 60.7 Å². The molecule has 0 spiro atoms. The number of pyridine rings is 1. The summed E-state index contributed by atoms with van der Waals surface area (Å²) in [5.74, 6) is -1.52. The summed E-state index contributed by atoms with van der Waals surface area (Å²) in [4.78, 5) is 16.2. The van der Waals surface area contributed by atoms with Crippen LogP contribution >= 0.6 is 15.9 Å². The minimum atomic E-state index is -1.19. The van der Waals surface area contributed by atoms with E-state index in [4.69, 9.17) is 4.74 Å². The van der Waals surface area contributed by atoms with Crippen molar-refractivity contribution in [1.29, 1.82) is 0 Å². The van der Waals surface area contributed by atoms with E-state index >= 15 is 0 Å². The molecule has 2 aromatic carbocycles. The average Bonchev–Trinajstić information content (AvgIpc) is 2.70. The molecule has 144 valence electrons. The van der Waals surface area contributed by atoms with Gasteiger partial charge in [-0.15, -0.1) is 0 Å².